The highest BCUT2D eigenvalue weighted by molar-refractivity contribution is 6.17. The first-order valence-corrected chi connectivity index (χ1v) is 4.18. The van der Waals surface area contributed by atoms with E-state index in [4.69, 9.17) is 16.3 Å². The first-order valence-electron chi connectivity index (χ1n) is 3.65. The molecular weight excluding hydrogens is 164 g/mol. The zero-order valence-corrected chi connectivity index (χ0v) is 6.84. The lowest BCUT2D eigenvalue weighted by Gasteiger charge is -2.15. The Morgan fingerprint density at radius 3 is 3.45 bits per heavy atom. The molecule has 0 bridgehead atoms. The maximum Gasteiger partial charge on any atom is 0.216 e. The molecule has 0 fully saturated rings. The molecule has 1 aliphatic heterocycles. The molecule has 0 atom stereocenters. The molecule has 1 aromatic rings. The summed E-state index contributed by atoms with van der Waals surface area (Å²) in [5.41, 5.74) is 0.992. The second-order valence-electron chi connectivity index (χ2n) is 2.53. The molecule has 0 amide bonds. The average Bonchev–Trinajstić information content (AvgIpc) is 2.47. The summed E-state index contributed by atoms with van der Waals surface area (Å²) in [6, 6.07) is 0. The largest absolute Gasteiger partial charge is 0.478 e. The topological polar surface area (TPSA) is 27.1 Å². The van der Waals surface area contributed by atoms with Gasteiger partial charge in [0.05, 0.1) is 18.7 Å². The Kier molecular flexibility index (Phi) is 1.74. The monoisotopic (exact) mass is 172 g/mol. The minimum Gasteiger partial charge on any atom is -0.478 e. The van der Waals surface area contributed by atoms with Gasteiger partial charge in [0.2, 0.25) is 5.88 Å². The van der Waals surface area contributed by atoms with Gasteiger partial charge < -0.3 is 4.74 Å². The average molecular weight is 173 g/mol. The van der Waals surface area contributed by atoms with Crippen molar-refractivity contribution < 1.29 is 4.74 Å². The second kappa shape index (κ2) is 2.74. The number of hydrogen-bond donors (Lipinski definition) is 0. The summed E-state index contributed by atoms with van der Waals surface area (Å²) in [5.74, 6) is 1.33. The van der Waals surface area contributed by atoms with E-state index in [1.54, 1.807) is 6.20 Å². The number of hydrogen-bond acceptors (Lipinski definition) is 2. The molecule has 1 aromatic heterocycles. The molecule has 0 radical (unpaired) electrons. The molecule has 60 valence electrons. The smallest absolute Gasteiger partial charge is 0.216 e. The van der Waals surface area contributed by atoms with Gasteiger partial charge >= 0.3 is 0 Å². The van der Waals surface area contributed by atoms with Gasteiger partial charge in [0, 0.05) is 18.5 Å². The highest BCUT2D eigenvalue weighted by atomic mass is 35.5. The first kappa shape index (κ1) is 6.98. The molecule has 0 saturated carbocycles. The van der Waals surface area contributed by atoms with Crippen molar-refractivity contribution in [1.29, 1.82) is 0 Å². The van der Waals surface area contributed by atoms with E-state index < -0.39 is 0 Å². The lowest BCUT2D eigenvalue weighted by molar-refractivity contribution is 0.229. The van der Waals surface area contributed by atoms with Crippen molar-refractivity contribution >= 4 is 11.6 Å². The minimum atomic E-state index is 0.481. The van der Waals surface area contributed by atoms with E-state index in [9.17, 15) is 0 Å². The first-order chi connectivity index (χ1) is 5.42. The van der Waals surface area contributed by atoms with Crippen molar-refractivity contribution in [1.82, 2.24) is 9.78 Å². The van der Waals surface area contributed by atoms with Gasteiger partial charge in [-0.1, -0.05) is 0 Å². The maximum absolute atomic E-state index is 5.67. The van der Waals surface area contributed by atoms with E-state index in [1.807, 2.05) is 4.68 Å². The van der Waals surface area contributed by atoms with Crippen molar-refractivity contribution in [3.05, 3.63) is 11.8 Å². The fourth-order valence-corrected chi connectivity index (χ4v) is 1.40. The van der Waals surface area contributed by atoms with Gasteiger partial charge in [-0.25, -0.2) is 4.68 Å². The number of aryl methyl sites for hydroxylation is 1. The highest BCUT2D eigenvalue weighted by Crippen LogP contribution is 2.23. The van der Waals surface area contributed by atoms with E-state index in [0.29, 0.717) is 5.88 Å². The third-order valence-corrected chi connectivity index (χ3v) is 2.05. The molecule has 1 aliphatic rings. The van der Waals surface area contributed by atoms with Crippen LogP contribution in [0.15, 0.2) is 6.20 Å². The van der Waals surface area contributed by atoms with E-state index in [1.165, 1.54) is 0 Å². The van der Waals surface area contributed by atoms with Gasteiger partial charge in [0.1, 0.15) is 0 Å². The third-order valence-electron chi connectivity index (χ3n) is 1.76. The van der Waals surface area contributed by atoms with Crippen molar-refractivity contribution in [2.24, 2.45) is 0 Å². The zero-order valence-electron chi connectivity index (χ0n) is 6.09. The number of nitrogens with zero attached hydrogens (tertiary/aromatic N) is 2. The van der Waals surface area contributed by atoms with Gasteiger partial charge in [-0.05, 0) is 0 Å². The van der Waals surface area contributed by atoms with E-state index in [2.05, 4.69) is 5.10 Å². The van der Waals surface area contributed by atoms with Crippen LogP contribution in [0, 0.1) is 0 Å². The van der Waals surface area contributed by atoms with Gasteiger partial charge in [-0.3, -0.25) is 0 Å². The Morgan fingerprint density at radius 1 is 1.73 bits per heavy atom. The lowest BCUT2D eigenvalue weighted by atomic mass is 10.3. The van der Waals surface area contributed by atoms with Crippen LogP contribution >= 0.6 is 11.6 Å². The standard InChI is InChI=1S/C7H9ClN2O/c8-4-6-5-9-10-2-1-3-11-7(6)10/h5H,1-4H2. The summed E-state index contributed by atoms with van der Waals surface area (Å²) < 4.78 is 7.26. The fraction of sp³-hybridized carbons (Fsp3) is 0.571. The molecule has 0 saturated heterocycles. The van der Waals surface area contributed by atoms with Crippen LogP contribution in [0.5, 0.6) is 5.88 Å². The number of halogens is 1. The number of aromatic nitrogens is 2. The predicted octanol–water partition coefficient (Wildman–Crippen LogP) is 1.40. The van der Waals surface area contributed by atoms with Crippen molar-refractivity contribution in [3.8, 4) is 5.88 Å². The molecule has 0 unspecified atom stereocenters. The van der Waals surface area contributed by atoms with Crippen LogP contribution in [0.25, 0.3) is 0 Å². The quantitative estimate of drug-likeness (QED) is 0.599. The normalized spacial score (nSPS) is 15.7. The highest BCUT2D eigenvalue weighted by Gasteiger charge is 2.14. The second-order valence-corrected chi connectivity index (χ2v) is 2.80. The molecule has 0 N–H and O–H groups in total. The van der Waals surface area contributed by atoms with Crippen molar-refractivity contribution in [2.45, 2.75) is 18.8 Å². The van der Waals surface area contributed by atoms with Crippen LogP contribution in [0.3, 0.4) is 0 Å². The van der Waals surface area contributed by atoms with Crippen LogP contribution in [0.2, 0.25) is 0 Å². The van der Waals surface area contributed by atoms with Crippen LogP contribution in [0.1, 0.15) is 12.0 Å². The summed E-state index contributed by atoms with van der Waals surface area (Å²) in [4.78, 5) is 0. The molecule has 4 heteroatoms. The van der Waals surface area contributed by atoms with Gasteiger partial charge in [-0.15, -0.1) is 11.6 Å². The van der Waals surface area contributed by atoms with Crippen LogP contribution in [0.4, 0.5) is 0 Å². The third kappa shape index (κ3) is 1.09. The number of alkyl halides is 1. The minimum absolute atomic E-state index is 0.481. The van der Waals surface area contributed by atoms with Crippen molar-refractivity contribution in [3.63, 3.8) is 0 Å². The number of fused-ring (bicyclic) bond motifs is 1. The number of rotatable bonds is 1. The summed E-state index contributed by atoms with van der Waals surface area (Å²) in [6.45, 7) is 1.74. The Morgan fingerprint density at radius 2 is 2.64 bits per heavy atom. The Hall–Kier alpha value is -0.700. The van der Waals surface area contributed by atoms with E-state index >= 15 is 0 Å². The molecule has 2 rings (SSSR count). The SMILES string of the molecule is ClCc1cnn2c1OCCC2. The lowest BCUT2D eigenvalue weighted by Crippen LogP contribution is -2.15. The van der Waals surface area contributed by atoms with E-state index in [-0.39, 0.29) is 0 Å². The van der Waals surface area contributed by atoms with Gasteiger partial charge in [0.15, 0.2) is 0 Å². The molecule has 2 heterocycles. The van der Waals surface area contributed by atoms with Crippen LogP contribution < -0.4 is 4.74 Å². The Balaban J connectivity index is 2.38. The van der Waals surface area contributed by atoms with Crippen molar-refractivity contribution in [2.75, 3.05) is 6.61 Å². The summed E-state index contributed by atoms with van der Waals surface area (Å²) in [5, 5.41) is 4.13. The zero-order chi connectivity index (χ0) is 7.68. The number of ether oxygens (including phenoxy) is 1. The summed E-state index contributed by atoms with van der Waals surface area (Å²) >= 11 is 5.67. The molecular formula is C7H9ClN2O. The molecule has 0 aromatic carbocycles. The Bertz CT molecular complexity index is 245. The van der Waals surface area contributed by atoms with Gasteiger partial charge in [0.25, 0.3) is 0 Å². The predicted molar refractivity (Wildman–Crippen MR) is 41.9 cm³/mol. The Labute approximate surface area is 69.9 Å². The van der Waals surface area contributed by atoms with Crippen LogP contribution in [-0.2, 0) is 12.4 Å². The molecule has 0 spiro atoms. The fourth-order valence-electron chi connectivity index (χ4n) is 1.21. The summed E-state index contributed by atoms with van der Waals surface area (Å²) in [7, 11) is 0. The molecule has 11 heavy (non-hydrogen) atoms. The van der Waals surface area contributed by atoms with Gasteiger partial charge in [-0.2, -0.15) is 5.10 Å². The van der Waals surface area contributed by atoms with E-state index in [0.717, 1.165) is 31.0 Å². The molecule has 3 nitrogen and oxygen atoms in total. The molecule has 0 aliphatic carbocycles. The summed E-state index contributed by atoms with van der Waals surface area (Å²) in [6.07, 6.45) is 2.81. The maximum atomic E-state index is 5.67. The van der Waals surface area contributed by atoms with Crippen LogP contribution in [-0.4, -0.2) is 16.4 Å².